The van der Waals surface area contributed by atoms with Gasteiger partial charge in [0, 0.05) is 17.5 Å². The van der Waals surface area contributed by atoms with Crippen molar-refractivity contribution in [2.24, 2.45) is 0 Å². The van der Waals surface area contributed by atoms with Crippen LogP contribution in [0.2, 0.25) is 0 Å². The Balaban J connectivity index is 1.49. The van der Waals surface area contributed by atoms with Gasteiger partial charge in [0.2, 0.25) is 0 Å². The third-order valence-corrected chi connectivity index (χ3v) is 4.85. The van der Waals surface area contributed by atoms with Crippen LogP contribution in [0.5, 0.6) is 11.5 Å². The molecule has 1 heterocycles. The fourth-order valence-electron chi connectivity index (χ4n) is 3.28. The van der Waals surface area contributed by atoms with E-state index in [4.69, 9.17) is 13.9 Å². The smallest absolute Gasteiger partial charge is 0.336 e. The van der Waals surface area contributed by atoms with E-state index in [1.807, 2.05) is 54.6 Å². The Kier molecular flexibility index (Phi) is 5.98. The molecule has 3 aromatic carbocycles. The minimum atomic E-state index is -0.437. The number of ether oxygens (including phenoxy) is 2. The van der Waals surface area contributed by atoms with Crippen LogP contribution in [-0.2, 0) is 4.79 Å². The van der Waals surface area contributed by atoms with E-state index in [-0.39, 0.29) is 18.6 Å². The van der Waals surface area contributed by atoms with Crippen LogP contribution >= 0.6 is 0 Å². The van der Waals surface area contributed by atoms with Crippen LogP contribution in [-0.4, -0.2) is 19.6 Å². The summed E-state index contributed by atoms with van der Waals surface area (Å²) in [6.07, 6.45) is 0. The SMILES string of the molecule is COc1ccc([C@@H](NC(=O)COc2ccc3ccc(=O)oc3c2)c2ccccc2)cc1. The van der Waals surface area contributed by atoms with E-state index in [0.29, 0.717) is 11.3 Å². The maximum atomic E-state index is 12.7. The van der Waals surface area contributed by atoms with Crippen molar-refractivity contribution in [2.75, 3.05) is 13.7 Å². The van der Waals surface area contributed by atoms with Crippen molar-refractivity contribution in [1.29, 1.82) is 0 Å². The lowest BCUT2D eigenvalue weighted by Crippen LogP contribution is -2.33. The van der Waals surface area contributed by atoms with Gasteiger partial charge in [-0.2, -0.15) is 0 Å². The van der Waals surface area contributed by atoms with Gasteiger partial charge in [-0.3, -0.25) is 4.79 Å². The highest BCUT2D eigenvalue weighted by atomic mass is 16.5. The number of hydrogen-bond acceptors (Lipinski definition) is 5. The fraction of sp³-hybridized carbons (Fsp3) is 0.120. The third-order valence-electron chi connectivity index (χ3n) is 4.85. The van der Waals surface area contributed by atoms with Crippen molar-refractivity contribution in [3.05, 3.63) is 106 Å². The van der Waals surface area contributed by atoms with Gasteiger partial charge in [0.05, 0.1) is 13.2 Å². The lowest BCUT2D eigenvalue weighted by Gasteiger charge is -2.20. The minimum Gasteiger partial charge on any atom is -0.497 e. The van der Waals surface area contributed by atoms with Crippen LogP contribution in [0.15, 0.2) is 94.1 Å². The predicted octanol–water partition coefficient (Wildman–Crippen LogP) is 4.09. The first-order valence-corrected chi connectivity index (χ1v) is 9.77. The summed E-state index contributed by atoms with van der Waals surface area (Å²) >= 11 is 0. The molecule has 0 spiro atoms. The molecule has 31 heavy (non-hydrogen) atoms. The van der Waals surface area contributed by atoms with Gasteiger partial charge >= 0.3 is 5.63 Å². The highest BCUT2D eigenvalue weighted by molar-refractivity contribution is 5.80. The van der Waals surface area contributed by atoms with Crippen molar-refractivity contribution < 1.29 is 18.7 Å². The molecule has 0 fully saturated rings. The van der Waals surface area contributed by atoms with E-state index in [1.54, 1.807) is 31.4 Å². The summed E-state index contributed by atoms with van der Waals surface area (Å²) < 4.78 is 16.0. The maximum Gasteiger partial charge on any atom is 0.336 e. The van der Waals surface area contributed by atoms with Gasteiger partial charge in [-0.1, -0.05) is 42.5 Å². The zero-order valence-electron chi connectivity index (χ0n) is 16.9. The molecular weight excluding hydrogens is 394 g/mol. The van der Waals surface area contributed by atoms with E-state index < -0.39 is 5.63 Å². The second kappa shape index (κ2) is 9.17. The van der Waals surface area contributed by atoms with Crippen LogP contribution in [0, 0.1) is 0 Å². The van der Waals surface area contributed by atoms with Gasteiger partial charge < -0.3 is 19.2 Å². The van der Waals surface area contributed by atoms with Gasteiger partial charge in [-0.25, -0.2) is 4.79 Å². The Hall–Kier alpha value is -4.06. The van der Waals surface area contributed by atoms with E-state index >= 15 is 0 Å². The summed E-state index contributed by atoms with van der Waals surface area (Å²) in [5, 5.41) is 3.80. The van der Waals surface area contributed by atoms with Crippen LogP contribution in [0.3, 0.4) is 0 Å². The van der Waals surface area contributed by atoms with E-state index in [0.717, 1.165) is 22.3 Å². The number of hydrogen-bond donors (Lipinski definition) is 1. The monoisotopic (exact) mass is 415 g/mol. The van der Waals surface area contributed by atoms with Crippen LogP contribution in [0.1, 0.15) is 17.2 Å². The zero-order valence-corrected chi connectivity index (χ0v) is 16.9. The molecule has 0 radical (unpaired) electrons. The molecule has 0 aliphatic heterocycles. The van der Waals surface area contributed by atoms with Gasteiger partial charge in [-0.05, 0) is 41.5 Å². The number of rotatable bonds is 7. The molecule has 0 saturated carbocycles. The summed E-state index contributed by atoms with van der Waals surface area (Å²) in [7, 11) is 1.61. The number of nitrogens with one attached hydrogen (secondary N) is 1. The first kappa shape index (κ1) is 20.2. The predicted molar refractivity (Wildman–Crippen MR) is 117 cm³/mol. The Morgan fingerprint density at radius 3 is 2.32 bits per heavy atom. The van der Waals surface area contributed by atoms with E-state index in [1.165, 1.54) is 6.07 Å². The largest absolute Gasteiger partial charge is 0.497 e. The number of methoxy groups -OCH3 is 1. The summed E-state index contributed by atoms with van der Waals surface area (Å²) in [5.74, 6) is 0.908. The number of benzene rings is 3. The van der Waals surface area contributed by atoms with Gasteiger partial charge in [0.1, 0.15) is 17.1 Å². The molecule has 0 bridgehead atoms. The quantitative estimate of drug-likeness (QED) is 0.460. The second-order valence-electron chi connectivity index (χ2n) is 6.93. The highest BCUT2D eigenvalue weighted by Gasteiger charge is 2.17. The molecule has 1 atom stereocenters. The van der Waals surface area contributed by atoms with Crippen LogP contribution in [0.4, 0.5) is 0 Å². The summed E-state index contributed by atoms with van der Waals surface area (Å²) in [6, 6.07) is 25.1. The van der Waals surface area contributed by atoms with Crippen LogP contribution < -0.4 is 20.4 Å². The van der Waals surface area contributed by atoms with Gasteiger partial charge in [0.25, 0.3) is 5.91 Å². The molecule has 1 N–H and O–H groups in total. The summed E-state index contributed by atoms with van der Waals surface area (Å²) in [5.41, 5.74) is 1.85. The first-order chi connectivity index (χ1) is 15.1. The van der Waals surface area contributed by atoms with E-state index in [9.17, 15) is 9.59 Å². The lowest BCUT2D eigenvalue weighted by molar-refractivity contribution is -0.123. The van der Waals surface area contributed by atoms with E-state index in [2.05, 4.69) is 5.32 Å². The first-order valence-electron chi connectivity index (χ1n) is 9.77. The van der Waals surface area contributed by atoms with Gasteiger partial charge in [0.15, 0.2) is 6.61 Å². The molecule has 4 rings (SSSR count). The molecule has 4 aromatic rings. The fourth-order valence-corrected chi connectivity index (χ4v) is 3.28. The van der Waals surface area contributed by atoms with Crippen molar-refractivity contribution >= 4 is 16.9 Å². The normalized spacial score (nSPS) is 11.6. The molecule has 0 unspecified atom stereocenters. The van der Waals surface area contributed by atoms with Crippen molar-refractivity contribution in [2.45, 2.75) is 6.04 Å². The molecule has 0 aliphatic carbocycles. The van der Waals surface area contributed by atoms with Crippen LogP contribution in [0.25, 0.3) is 11.0 Å². The number of fused-ring (bicyclic) bond motifs is 1. The molecule has 1 aromatic heterocycles. The average Bonchev–Trinajstić information content (AvgIpc) is 2.81. The molecule has 0 aliphatic rings. The molecule has 0 saturated heterocycles. The molecular formula is C25H21NO5. The topological polar surface area (TPSA) is 77.8 Å². The number of carbonyl (C=O) groups is 1. The summed E-state index contributed by atoms with van der Waals surface area (Å²) in [4.78, 5) is 24.1. The Labute approximate surface area is 179 Å². The maximum absolute atomic E-state index is 12.7. The number of carbonyl (C=O) groups excluding carboxylic acids is 1. The molecule has 156 valence electrons. The van der Waals surface area contributed by atoms with Crippen molar-refractivity contribution in [3.63, 3.8) is 0 Å². The number of amides is 1. The zero-order chi connectivity index (χ0) is 21.6. The second-order valence-corrected chi connectivity index (χ2v) is 6.93. The molecule has 6 heteroatoms. The summed E-state index contributed by atoms with van der Waals surface area (Å²) in [6.45, 7) is -0.179. The highest BCUT2D eigenvalue weighted by Crippen LogP contribution is 2.24. The van der Waals surface area contributed by atoms with Crippen molar-refractivity contribution in [1.82, 2.24) is 5.32 Å². The van der Waals surface area contributed by atoms with Crippen molar-refractivity contribution in [3.8, 4) is 11.5 Å². The average molecular weight is 415 g/mol. The molecule has 6 nitrogen and oxygen atoms in total. The Bertz CT molecular complexity index is 1230. The third kappa shape index (κ3) is 4.93. The van der Waals surface area contributed by atoms with Gasteiger partial charge in [-0.15, -0.1) is 0 Å². The Morgan fingerprint density at radius 2 is 1.58 bits per heavy atom. The lowest BCUT2D eigenvalue weighted by atomic mass is 9.98. The minimum absolute atomic E-state index is 0.179. The molecule has 1 amide bonds. The standard InChI is InChI=1S/C25H21NO5/c1-29-20-11-8-19(9-12-20)25(18-5-3-2-4-6-18)26-23(27)16-30-21-13-7-17-10-14-24(28)31-22(17)15-21/h2-15,25H,16H2,1H3,(H,26,27)/t25-/m0/s1. The Morgan fingerprint density at radius 1 is 0.903 bits per heavy atom.